The van der Waals surface area contributed by atoms with Gasteiger partial charge in [-0.1, -0.05) is 18.2 Å². The highest BCUT2D eigenvalue weighted by Gasteiger charge is 2.15. The number of para-hydroxylation sites is 2. The van der Waals surface area contributed by atoms with Crippen LogP contribution in [0.1, 0.15) is 5.69 Å². The van der Waals surface area contributed by atoms with Crippen molar-refractivity contribution >= 4 is 22.9 Å². The molecule has 1 amide bonds. The SMILES string of the molecule is O=C(COc1ccccc1[N+](=O)[O-])NCCc1[nH]cnc1-c1cccs1. The van der Waals surface area contributed by atoms with E-state index >= 15 is 0 Å². The minimum absolute atomic E-state index is 0.0706. The lowest BCUT2D eigenvalue weighted by Crippen LogP contribution is -2.30. The van der Waals surface area contributed by atoms with Crippen molar-refractivity contribution in [3.63, 3.8) is 0 Å². The van der Waals surface area contributed by atoms with Gasteiger partial charge in [-0.2, -0.15) is 0 Å². The van der Waals surface area contributed by atoms with Gasteiger partial charge in [-0.3, -0.25) is 14.9 Å². The van der Waals surface area contributed by atoms with Crippen LogP contribution in [0.15, 0.2) is 48.1 Å². The minimum atomic E-state index is -0.544. The van der Waals surface area contributed by atoms with Crippen LogP contribution in [0.4, 0.5) is 5.69 Å². The number of imidazole rings is 1. The fourth-order valence-corrected chi connectivity index (χ4v) is 3.14. The molecule has 9 heteroatoms. The lowest BCUT2D eigenvalue weighted by molar-refractivity contribution is -0.385. The zero-order chi connectivity index (χ0) is 18.4. The van der Waals surface area contributed by atoms with Gasteiger partial charge in [-0.05, 0) is 17.5 Å². The number of nitrogens with one attached hydrogen (secondary N) is 2. The van der Waals surface area contributed by atoms with Gasteiger partial charge >= 0.3 is 5.69 Å². The Balaban J connectivity index is 1.49. The van der Waals surface area contributed by atoms with E-state index in [0.717, 1.165) is 16.3 Å². The fraction of sp³-hybridized carbons (Fsp3) is 0.176. The average Bonchev–Trinajstić information content (AvgIpc) is 3.31. The molecule has 0 aliphatic heterocycles. The average molecular weight is 372 g/mol. The number of nitro groups is 1. The molecule has 3 aromatic rings. The lowest BCUT2D eigenvalue weighted by atomic mass is 10.2. The van der Waals surface area contributed by atoms with E-state index in [0.29, 0.717) is 13.0 Å². The van der Waals surface area contributed by atoms with Gasteiger partial charge in [0.2, 0.25) is 0 Å². The number of nitro benzene ring substituents is 1. The monoisotopic (exact) mass is 372 g/mol. The quantitative estimate of drug-likeness (QED) is 0.467. The molecule has 0 aliphatic carbocycles. The number of carbonyl (C=O) groups excluding carboxylic acids is 1. The smallest absolute Gasteiger partial charge is 0.310 e. The molecule has 26 heavy (non-hydrogen) atoms. The van der Waals surface area contributed by atoms with Crippen molar-refractivity contribution in [3.8, 4) is 16.3 Å². The van der Waals surface area contributed by atoms with Crippen molar-refractivity contribution in [1.29, 1.82) is 0 Å². The van der Waals surface area contributed by atoms with Crippen molar-refractivity contribution in [3.05, 3.63) is 63.9 Å². The van der Waals surface area contributed by atoms with Crippen LogP contribution in [-0.4, -0.2) is 34.0 Å². The Morgan fingerprint density at radius 2 is 2.15 bits per heavy atom. The van der Waals surface area contributed by atoms with Crippen LogP contribution in [0, 0.1) is 10.1 Å². The molecule has 2 N–H and O–H groups in total. The molecule has 1 aromatic carbocycles. The highest BCUT2D eigenvalue weighted by atomic mass is 32.1. The second-order valence-electron chi connectivity index (χ2n) is 5.32. The summed E-state index contributed by atoms with van der Waals surface area (Å²) in [6, 6.07) is 9.90. The number of rotatable bonds is 8. The number of thiophene rings is 1. The summed E-state index contributed by atoms with van der Waals surface area (Å²) in [6.45, 7) is 0.116. The van der Waals surface area contributed by atoms with Gasteiger partial charge in [0.25, 0.3) is 5.91 Å². The topological polar surface area (TPSA) is 110 Å². The van der Waals surface area contributed by atoms with Gasteiger partial charge in [0, 0.05) is 24.7 Å². The van der Waals surface area contributed by atoms with Crippen LogP contribution in [0.2, 0.25) is 0 Å². The minimum Gasteiger partial charge on any atom is -0.477 e. The summed E-state index contributed by atoms with van der Waals surface area (Å²) in [5, 5.41) is 15.6. The summed E-state index contributed by atoms with van der Waals surface area (Å²) in [5.74, 6) is -0.276. The molecule has 0 atom stereocenters. The molecular weight excluding hydrogens is 356 g/mol. The summed E-state index contributed by atoms with van der Waals surface area (Å²) < 4.78 is 5.26. The van der Waals surface area contributed by atoms with Crippen molar-refractivity contribution in [2.75, 3.05) is 13.2 Å². The van der Waals surface area contributed by atoms with E-state index in [9.17, 15) is 14.9 Å². The molecule has 3 rings (SSSR count). The third kappa shape index (κ3) is 4.25. The predicted molar refractivity (Wildman–Crippen MR) is 97.2 cm³/mol. The Morgan fingerprint density at radius 1 is 1.31 bits per heavy atom. The lowest BCUT2D eigenvalue weighted by Gasteiger charge is -2.08. The van der Waals surface area contributed by atoms with Gasteiger partial charge < -0.3 is 15.0 Å². The number of nitrogens with zero attached hydrogens (tertiary/aromatic N) is 2. The third-order valence-electron chi connectivity index (χ3n) is 3.59. The molecule has 0 spiro atoms. The first-order valence-electron chi connectivity index (χ1n) is 7.84. The molecule has 2 aromatic heterocycles. The predicted octanol–water partition coefficient (Wildman–Crippen LogP) is 2.78. The van der Waals surface area contributed by atoms with Gasteiger partial charge in [0.1, 0.15) is 5.69 Å². The van der Waals surface area contributed by atoms with Crippen LogP contribution >= 0.6 is 11.3 Å². The Labute approximate surface area is 153 Å². The maximum Gasteiger partial charge on any atom is 0.310 e. The Kier molecular flexibility index (Phi) is 5.59. The van der Waals surface area contributed by atoms with Gasteiger partial charge in [0.15, 0.2) is 12.4 Å². The number of aromatic amines is 1. The fourth-order valence-electron chi connectivity index (χ4n) is 2.39. The molecule has 2 heterocycles. The van der Waals surface area contributed by atoms with Crippen molar-refractivity contribution < 1.29 is 14.5 Å². The highest BCUT2D eigenvalue weighted by Crippen LogP contribution is 2.26. The van der Waals surface area contributed by atoms with E-state index in [1.165, 1.54) is 12.1 Å². The summed E-state index contributed by atoms with van der Waals surface area (Å²) in [7, 11) is 0. The molecule has 0 saturated carbocycles. The number of benzene rings is 1. The molecular formula is C17H16N4O4S. The maximum absolute atomic E-state index is 11.9. The molecule has 0 bridgehead atoms. The molecule has 0 fully saturated rings. The van der Waals surface area contributed by atoms with Gasteiger partial charge in [-0.25, -0.2) is 4.98 Å². The first-order valence-corrected chi connectivity index (χ1v) is 8.72. The Bertz CT molecular complexity index is 892. The summed E-state index contributed by atoms with van der Waals surface area (Å²) in [5.41, 5.74) is 1.65. The van der Waals surface area contributed by atoms with E-state index in [2.05, 4.69) is 15.3 Å². The van der Waals surface area contributed by atoms with Crippen LogP contribution in [-0.2, 0) is 11.2 Å². The number of amides is 1. The summed E-state index contributed by atoms with van der Waals surface area (Å²) >= 11 is 1.60. The van der Waals surface area contributed by atoms with Crippen molar-refractivity contribution in [2.45, 2.75) is 6.42 Å². The number of ether oxygens (including phenoxy) is 1. The Hall–Kier alpha value is -3.20. The zero-order valence-corrected chi connectivity index (χ0v) is 14.5. The first-order chi connectivity index (χ1) is 12.6. The second kappa shape index (κ2) is 8.26. The second-order valence-corrected chi connectivity index (χ2v) is 6.27. The number of hydrogen-bond acceptors (Lipinski definition) is 6. The van der Waals surface area contributed by atoms with E-state index in [1.54, 1.807) is 29.8 Å². The molecule has 8 nitrogen and oxygen atoms in total. The molecule has 0 saturated heterocycles. The standard InChI is InChI=1S/C17H16N4O4S/c22-16(10-25-14-5-2-1-4-13(14)21(23)24)18-8-7-12-17(20-11-19-12)15-6-3-9-26-15/h1-6,9,11H,7-8,10H2,(H,18,22)(H,19,20). The first kappa shape index (κ1) is 17.6. The van der Waals surface area contributed by atoms with Crippen LogP contribution in [0.5, 0.6) is 5.75 Å². The number of hydrogen-bond donors (Lipinski definition) is 2. The van der Waals surface area contributed by atoms with Crippen LogP contribution in [0.3, 0.4) is 0 Å². The van der Waals surface area contributed by atoms with E-state index in [4.69, 9.17) is 4.74 Å². The summed E-state index contributed by atoms with van der Waals surface area (Å²) in [6.07, 6.45) is 2.22. The number of carbonyl (C=O) groups is 1. The van der Waals surface area contributed by atoms with Crippen LogP contribution in [0.25, 0.3) is 10.6 Å². The normalized spacial score (nSPS) is 10.5. The Morgan fingerprint density at radius 3 is 2.92 bits per heavy atom. The zero-order valence-electron chi connectivity index (χ0n) is 13.7. The largest absolute Gasteiger partial charge is 0.477 e. The van der Waals surface area contributed by atoms with Crippen molar-refractivity contribution in [2.24, 2.45) is 0 Å². The molecule has 0 radical (unpaired) electrons. The molecule has 0 unspecified atom stereocenters. The maximum atomic E-state index is 11.9. The number of H-pyrrole nitrogens is 1. The molecule has 0 aliphatic rings. The van der Waals surface area contributed by atoms with E-state index in [1.807, 2.05) is 17.5 Å². The van der Waals surface area contributed by atoms with Crippen molar-refractivity contribution in [1.82, 2.24) is 15.3 Å². The molecule has 134 valence electrons. The van der Waals surface area contributed by atoms with E-state index < -0.39 is 4.92 Å². The summed E-state index contributed by atoms with van der Waals surface area (Å²) in [4.78, 5) is 30.7. The van der Waals surface area contributed by atoms with E-state index in [-0.39, 0.29) is 24.0 Å². The van der Waals surface area contributed by atoms with Crippen LogP contribution < -0.4 is 10.1 Å². The third-order valence-corrected chi connectivity index (χ3v) is 4.47. The highest BCUT2D eigenvalue weighted by molar-refractivity contribution is 7.13. The number of aromatic nitrogens is 2. The van der Waals surface area contributed by atoms with Gasteiger partial charge in [-0.15, -0.1) is 11.3 Å². The van der Waals surface area contributed by atoms with Gasteiger partial charge in [0.05, 0.1) is 16.1 Å².